The highest BCUT2D eigenvalue weighted by molar-refractivity contribution is 5.71. The van der Waals surface area contributed by atoms with Gasteiger partial charge in [0, 0.05) is 12.2 Å². The largest absolute Gasteiger partial charge is 0.481 e. The lowest BCUT2D eigenvalue weighted by Gasteiger charge is -2.29. The molecule has 0 bridgehead atoms. The third-order valence-corrected chi connectivity index (χ3v) is 3.33. The molecule has 1 fully saturated rings. The van der Waals surface area contributed by atoms with Crippen LogP contribution in [0.15, 0.2) is 18.3 Å². The molecule has 0 radical (unpaired) electrons. The third kappa shape index (κ3) is 2.96. The summed E-state index contributed by atoms with van der Waals surface area (Å²) in [5.74, 6) is -0.213. The summed E-state index contributed by atoms with van der Waals surface area (Å²) in [7, 11) is 0. The standard InChI is InChI=1S/C13H18N2O2/c1-9-6-7-12(14-8-9)15-11-5-3-2-4-10(11)13(16)17/h6-8,10-11H,2-5H2,1H3,(H,14,15)(H,16,17). The molecule has 4 heteroatoms. The Morgan fingerprint density at radius 1 is 1.41 bits per heavy atom. The zero-order chi connectivity index (χ0) is 12.3. The minimum Gasteiger partial charge on any atom is -0.481 e. The van der Waals surface area contributed by atoms with Crippen molar-refractivity contribution in [1.29, 1.82) is 0 Å². The average molecular weight is 234 g/mol. The number of aliphatic carboxylic acids is 1. The first-order valence-corrected chi connectivity index (χ1v) is 6.09. The van der Waals surface area contributed by atoms with Gasteiger partial charge in [0.1, 0.15) is 5.82 Å². The van der Waals surface area contributed by atoms with Crippen LogP contribution in [0.4, 0.5) is 5.82 Å². The first kappa shape index (κ1) is 11.9. The van der Waals surface area contributed by atoms with E-state index in [0.717, 1.165) is 37.1 Å². The molecule has 0 aliphatic heterocycles. The van der Waals surface area contributed by atoms with Gasteiger partial charge in [-0.05, 0) is 31.4 Å². The number of carboxylic acids is 1. The van der Waals surface area contributed by atoms with E-state index in [1.807, 2.05) is 19.1 Å². The molecule has 0 aromatic carbocycles. The second kappa shape index (κ2) is 5.17. The molecule has 92 valence electrons. The SMILES string of the molecule is Cc1ccc(NC2CCCCC2C(=O)O)nc1. The second-order valence-corrected chi connectivity index (χ2v) is 4.70. The molecule has 17 heavy (non-hydrogen) atoms. The highest BCUT2D eigenvalue weighted by atomic mass is 16.4. The number of anilines is 1. The molecular weight excluding hydrogens is 216 g/mol. The fourth-order valence-corrected chi connectivity index (χ4v) is 2.34. The lowest BCUT2D eigenvalue weighted by atomic mass is 9.84. The summed E-state index contributed by atoms with van der Waals surface area (Å²) in [5.41, 5.74) is 1.11. The van der Waals surface area contributed by atoms with Crippen LogP contribution >= 0.6 is 0 Å². The van der Waals surface area contributed by atoms with Gasteiger partial charge in [0.15, 0.2) is 0 Å². The van der Waals surface area contributed by atoms with Gasteiger partial charge in [-0.3, -0.25) is 4.79 Å². The Morgan fingerprint density at radius 2 is 2.18 bits per heavy atom. The quantitative estimate of drug-likeness (QED) is 0.843. The maximum Gasteiger partial charge on any atom is 0.308 e. The number of rotatable bonds is 3. The number of carbonyl (C=O) groups is 1. The Hall–Kier alpha value is -1.58. The molecule has 0 spiro atoms. The van der Waals surface area contributed by atoms with E-state index in [-0.39, 0.29) is 12.0 Å². The Bertz CT molecular complexity index is 389. The minimum atomic E-state index is -0.700. The predicted molar refractivity (Wildman–Crippen MR) is 66.0 cm³/mol. The van der Waals surface area contributed by atoms with Crippen molar-refractivity contribution in [3.63, 3.8) is 0 Å². The Balaban J connectivity index is 2.05. The average Bonchev–Trinajstić information content (AvgIpc) is 2.32. The van der Waals surface area contributed by atoms with Crippen molar-refractivity contribution in [3.8, 4) is 0 Å². The Labute approximate surface area is 101 Å². The molecule has 2 unspecified atom stereocenters. The van der Waals surface area contributed by atoms with E-state index in [0.29, 0.717) is 0 Å². The highest BCUT2D eigenvalue weighted by Gasteiger charge is 2.30. The molecule has 1 aromatic heterocycles. The van der Waals surface area contributed by atoms with Gasteiger partial charge < -0.3 is 10.4 Å². The van der Waals surface area contributed by atoms with E-state index in [1.165, 1.54) is 0 Å². The summed E-state index contributed by atoms with van der Waals surface area (Å²) in [6.45, 7) is 1.98. The zero-order valence-corrected chi connectivity index (χ0v) is 10.0. The molecule has 2 N–H and O–H groups in total. The number of hydrogen-bond donors (Lipinski definition) is 2. The van der Waals surface area contributed by atoms with Crippen LogP contribution in [0.3, 0.4) is 0 Å². The Kier molecular flexibility index (Phi) is 3.61. The van der Waals surface area contributed by atoms with Crippen LogP contribution in [0.1, 0.15) is 31.2 Å². The number of aromatic nitrogens is 1. The smallest absolute Gasteiger partial charge is 0.308 e. The van der Waals surface area contributed by atoms with E-state index in [2.05, 4.69) is 10.3 Å². The maximum absolute atomic E-state index is 11.1. The fourth-order valence-electron chi connectivity index (χ4n) is 2.34. The number of carboxylic acid groups (broad SMARTS) is 1. The molecule has 1 saturated carbocycles. The summed E-state index contributed by atoms with van der Waals surface area (Å²) in [6, 6.07) is 3.90. The first-order valence-electron chi connectivity index (χ1n) is 6.09. The van der Waals surface area contributed by atoms with Crippen LogP contribution in [-0.2, 0) is 4.79 Å². The van der Waals surface area contributed by atoms with Crippen molar-refractivity contribution >= 4 is 11.8 Å². The first-order chi connectivity index (χ1) is 8.16. The summed E-state index contributed by atoms with van der Waals surface area (Å²) in [6.07, 6.45) is 5.57. The van der Waals surface area contributed by atoms with E-state index in [4.69, 9.17) is 0 Å². The maximum atomic E-state index is 11.1. The van der Waals surface area contributed by atoms with Gasteiger partial charge in [-0.1, -0.05) is 18.9 Å². The normalized spacial score (nSPS) is 24.3. The van der Waals surface area contributed by atoms with Gasteiger partial charge in [-0.2, -0.15) is 0 Å². The topological polar surface area (TPSA) is 62.2 Å². The van der Waals surface area contributed by atoms with Crippen molar-refractivity contribution in [2.75, 3.05) is 5.32 Å². The van der Waals surface area contributed by atoms with Crippen LogP contribution in [0.5, 0.6) is 0 Å². The second-order valence-electron chi connectivity index (χ2n) is 4.70. The molecule has 1 aliphatic carbocycles. The fraction of sp³-hybridized carbons (Fsp3) is 0.538. The summed E-state index contributed by atoms with van der Waals surface area (Å²) < 4.78 is 0. The highest BCUT2D eigenvalue weighted by Crippen LogP contribution is 2.27. The number of nitrogens with zero attached hydrogens (tertiary/aromatic N) is 1. The summed E-state index contributed by atoms with van der Waals surface area (Å²) in [5, 5.41) is 12.4. The summed E-state index contributed by atoms with van der Waals surface area (Å²) in [4.78, 5) is 15.4. The molecule has 0 saturated heterocycles. The lowest BCUT2D eigenvalue weighted by molar-refractivity contribution is -0.143. The van der Waals surface area contributed by atoms with E-state index in [1.54, 1.807) is 6.20 Å². The van der Waals surface area contributed by atoms with Gasteiger partial charge in [-0.15, -0.1) is 0 Å². The van der Waals surface area contributed by atoms with Gasteiger partial charge in [0.2, 0.25) is 0 Å². The van der Waals surface area contributed by atoms with Gasteiger partial charge in [0.05, 0.1) is 5.92 Å². The van der Waals surface area contributed by atoms with Crippen molar-refractivity contribution in [2.45, 2.75) is 38.6 Å². The van der Waals surface area contributed by atoms with Crippen LogP contribution in [0.25, 0.3) is 0 Å². The van der Waals surface area contributed by atoms with E-state index >= 15 is 0 Å². The van der Waals surface area contributed by atoms with Crippen LogP contribution in [0, 0.1) is 12.8 Å². The van der Waals surface area contributed by atoms with Crippen LogP contribution < -0.4 is 5.32 Å². The van der Waals surface area contributed by atoms with Crippen molar-refractivity contribution in [3.05, 3.63) is 23.9 Å². The molecule has 0 amide bonds. The van der Waals surface area contributed by atoms with Crippen LogP contribution in [-0.4, -0.2) is 22.1 Å². The van der Waals surface area contributed by atoms with Gasteiger partial charge in [-0.25, -0.2) is 4.98 Å². The number of hydrogen-bond acceptors (Lipinski definition) is 3. The van der Waals surface area contributed by atoms with Crippen molar-refractivity contribution in [1.82, 2.24) is 4.98 Å². The van der Waals surface area contributed by atoms with Crippen molar-refractivity contribution in [2.24, 2.45) is 5.92 Å². The van der Waals surface area contributed by atoms with Gasteiger partial charge in [0.25, 0.3) is 0 Å². The number of pyridine rings is 1. The molecule has 1 heterocycles. The van der Waals surface area contributed by atoms with E-state index < -0.39 is 5.97 Å². The van der Waals surface area contributed by atoms with E-state index in [9.17, 15) is 9.90 Å². The van der Waals surface area contributed by atoms with Crippen LogP contribution in [0.2, 0.25) is 0 Å². The minimum absolute atomic E-state index is 0.0106. The zero-order valence-electron chi connectivity index (χ0n) is 10.0. The molecule has 2 rings (SSSR count). The molecule has 4 nitrogen and oxygen atoms in total. The number of nitrogens with one attached hydrogen (secondary N) is 1. The monoisotopic (exact) mass is 234 g/mol. The molecule has 1 aromatic rings. The molecule has 1 aliphatic rings. The van der Waals surface area contributed by atoms with Gasteiger partial charge >= 0.3 is 5.97 Å². The Morgan fingerprint density at radius 3 is 2.82 bits per heavy atom. The summed E-state index contributed by atoms with van der Waals surface area (Å²) >= 11 is 0. The lowest BCUT2D eigenvalue weighted by Crippen LogP contribution is -2.37. The van der Waals surface area contributed by atoms with Crippen molar-refractivity contribution < 1.29 is 9.90 Å². The molecular formula is C13H18N2O2. The molecule has 2 atom stereocenters. The number of aryl methyl sites for hydroxylation is 1. The third-order valence-electron chi connectivity index (χ3n) is 3.33. The predicted octanol–water partition coefficient (Wildman–Crippen LogP) is 2.45.